The van der Waals surface area contributed by atoms with Gasteiger partial charge in [-0.1, -0.05) is 45.2 Å². The molecule has 0 saturated carbocycles. The molecule has 2 aromatic carbocycles. The lowest BCUT2D eigenvalue weighted by atomic mass is 10.2. The van der Waals surface area contributed by atoms with Gasteiger partial charge in [-0.05, 0) is 40.8 Å². The molecular weight excluding hydrogens is 377 g/mol. The minimum Gasteiger partial charge on any atom is -0.399 e. The summed E-state index contributed by atoms with van der Waals surface area (Å²) >= 11 is 15.9. The Morgan fingerprint density at radius 1 is 1.10 bits per heavy atom. The van der Waals surface area contributed by atoms with Gasteiger partial charge in [-0.25, -0.2) is 0 Å². The summed E-state index contributed by atoms with van der Waals surface area (Å²) in [4.78, 5) is 0. The van der Waals surface area contributed by atoms with E-state index in [-0.39, 0.29) is 0 Å². The maximum Gasteiger partial charge on any atom is 0.188 e. The normalized spacial score (nSPS) is 10.8. The Hall–Kier alpha value is -1.63. The lowest BCUT2D eigenvalue weighted by molar-refractivity contribution is 0.791. The smallest absolute Gasteiger partial charge is 0.188 e. The second kappa shape index (κ2) is 5.63. The van der Waals surface area contributed by atoms with Crippen molar-refractivity contribution in [2.75, 3.05) is 5.73 Å². The molecule has 8 heteroatoms. The number of aromatic nitrogens is 4. The van der Waals surface area contributed by atoms with Gasteiger partial charge in [0.05, 0.1) is 10.0 Å². The minimum atomic E-state index is 0.455. The number of hydrogen-bond donors (Lipinski definition) is 1. The molecule has 3 aromatic rings. The third kappa shape index (κ3) is 2.62. The van der Waals surface area contributed by atoms with Crippen molar-refractivity contribution < 1.29 is 0 Å². The predicted octanol–water partition coefficient (Wildman–Crippen LogP) is 3.98. The first-order valence-corrected chi connectivity index (χ1v) is 7.41. The van der Waals surface area contributed by atoms with E-state index in [4.69, 9.17) is 28.9 Å². The Kier molecular flexibility index (Phi) is 3.84. The Bertz CT molecular complexity index is 798. The van der Waals surface area contributed by atoms with Gasteiger partial charge in [0.1, 0.15) is 5.69 Å². The highest BCUT2D eigenvalue weighted by Crippen LogP contribution is 2.33. The Morgan fingerprint density at radius 2 is 1.81 bits per heavy atom. The molecule has 2 N–H and O–H groups in total. The van der Waals surface area contributed by atoms with E-state index in [2.05, 4.69) is 31.5 Å². The van der Waals surface area contributed by atoms with Crippen molar-refractivity contribution in [1.29, 1.82) is 0 Å². The van der Waals surface area contributed by atoms with Gasteiger partial charge in [-0.15, -0.1) is 5.10 Å². The van der Waals surface area contributed by atoms with Crippen LogP contribution in [-0.4, -0.2) is 20.2 Å². The fraction of sp³-hybridized carbons (Fsp3) is 0. The molecule has 0 aliphatic rings. The summed E-state index contributed by atoms with van der Waals surface area (Å²) in [5, 5.41) is 12.6. The molecule has 21 heavy (non-hydrogen) atoms. The number of nitrogens with two attached hydrogens (primary N) is 1. The molecule has 0 spiro atoms. The largest absolute Gasteiger partial charge is 0.399 e. The fourth-order valence-electron chi connectivity index (χ4n) is 1.91. The molecular formula is C13H8BrCl2N5. The molecule has 0 aliphatic carbocycles. The topological polar surface area (TPSA) is 69.6 Å². The Labute approximate surface area is 138 Å². The van der Waals surface area contributed by atoms with E-state index < -0.39 is 0 Å². The van der Waals surface area contributed by atoms with Crippen LogP contribution < -0.4 is 5.73 Å². The van der Waals surface area contributed by atoms with E-state index in [1.165, 1.54) is 4.68 Å². The lowest BCUT2D eigenvalue weighted by Crippen LogP contribution is -2.02. The number of benzene rings is 2. The number of rotatable bonds is 2. The third-order valence-electron chi connectivity index (χ3n) is 2.85. The highest BCUT2D eigenvalue weighted by atomic mass is 79.9. The van der Waals surface area contributed by atoms with Gasteiger partial charge in [0.15, 0.2) is 5.82 Å². The molecule has 0 radical (unpaired) electrons. The highest BCUT2D eigenvalue weighted by molar-refractivity contribution is 9.10. The van der Waals surface area contributed by atoms with Crippen molar-refractivity contribution in [3.63, 3.8) is 0 Å². The van der Waals surface area contributed by atoms with Crippen LogP contribution in [0.2, 0.25) is 10.0 Å². The van der Waals surface area contributed by atoms with E-state index in [1.54, 1.807) is 30.3 Å². The molecule has 0 amide bonds. The van der Waals surface area contributed by atoms with Crippen molar-refractivity contribution >= 4 is 44.8 Å². The molecule has 1 aromatic heterocycles. The molecule has 0 saturated heterocycles. The van der Waals surface area contributed by atoms with Crippen LogP contribution in [0.25, 0.3) is 17.1 Å². The number of para-hydroxylation sites is 1. The second-order valence-corrected chi connectivity index (χ2v) is 5.89. The quantitative estimate of drug-likeness (QED) is 0.678. The monoisotopic (exact) mass is 383 g/mol. The summed E-state index contributed by atoms with van der Waals surface area (Å²) in [5.74, 6) is 0.490. The molecule has 0 atom stereocenters. The van der Waals surface area contributed by atoms with E-state index in [1.807, 2.05) is 6.07 Å². The van der Waals surface area contributed by atoms with Crippen LogP contribution in [0.3, 0.4) is 0 Å². The highest BCUT2D eigenvalue weighted by Gasteiger charge is 2.18. The number of nitrogen functional groups attached to an aromatic ring is 1. The average molecular weight is 385 g/mol. The van der Waals surface area contributed by atoms with Crippen molar-refractivity contribution in [3.05, 3.63) is 50.9 Å². The Balaban J connectivity index is 2.25. The minimum absolute atomic E-state index is 0.455. The number of tetrazole rings is 1. The van der Waals surface area contributed by atoms with Crippen LogP contribution in [0.5, 0.6) is 0 Å². The zero-order chi connectivity index (χ0) is 15.0. The van der Waals surface area contributed by atoms with Crippen LogP contribution in [0.4, 0.5) is 5.69 Å². The van der Waals surface area contributed by atoms with Crippen molar-refractivity contribution in [3.8, 4) is 17.1 Å². The van der Waals surface area contributed by atoms with Gasteiger partial charge >= 0.3 is 0 Å². The number of hydrogen-bond acceptors (Lipinski definition) is 4. The number of halogens is 3. The molecule has 3 rings (SSSR count). The van der Waals surface area contributed by atoms with Crippen LogP contribution >= 0.6 is 39.1 Å². The molecule has 0 fully saturated rings. The maximum absolute atomic E-state index is 6.21. The summed E-state index contributed by atoms with van der Waals surface area (Å²) in [7, 11) is 0. The van der Waals surface area contributed by atoms with Crippen molar-refractivity contribution in [2.45, 2.75) is 0 Å². The van der Waals surface area contributed by atoms with Gasteiger partial charge in [0.25, 0.3) is 0 Å². The molecule has 0 bridgehead atoms. The van der Waals surface area contributed by atoms with E-state index in [0.717, 1.165) is 10.0 Å². The van der Waals surface area contributed by atoms with E-state index >= 15 is 0 Å². The standard InChI is InChI=1S/C13H8BrCl2N5/c14-9-5-4-7(17)6-8(9)13-18-19-20-21(13)12-10(15)2-1-3-11(12)16/h1-6H,17H2. The van der Waals surface area contributed by atoms with Crippen LogP contribution in [-0.2, 0) is 0 Å². The van der Waals surface area contributed by atoms with Gasteiger partial charge in [-0.3, -0.25) is 0 Å². The van der Waals surface area contributed by atoms with E-state index in [9.17, 15) is 0 Å². The average Bonchev–Trinajstić information content (AvgIpc) is 2.90. The first-order chi connectivity index (χ1) is 10.1. The molecule has 0 unspecified atom stereocenters. The predicted molar refractivity (Wildman–Crippen MR) is 86.7 cm³/mol. The maximum atomic E-state index is 6.21. The van der Waals surface area contributed by atoms with Gasteiger partial charge < -0.3 is 5.73 Å². The number of nitrogens with zero attached hydrogens (tertiary/aromatic N) is 4. The number of anilines is 1. The zero-order valence-electron chi connectivity index (χ0n) is 10.5. The first kappa shape index (κ1) is 14.3. The summed E-state index contributed by atoms with van der Waals surface area (Å²) in [6.07, 6.45) is 0. The Morgan fingerprint density at radius 3 is 2.52 bits per heavy atom. The van der Waals surface area contributed by atoms with Crippen LogP contribution in [0.15, 0.2) is 40.9 Å². The van der Waals surface area contributed by atoms with Gasteiger partial charge in [0, 0.05) is 15.7 Å². The summed E-state index contributed by atoms with van der Waals surface area (Å²) in [5.41, 5.74) is 7.71. The fourth-order valence-corrected chi connectivity index (χ4v) is 2.89. The molecule has 0 aliphatic heterocycles. The SMILES string of the molecule is Nc1ccc(Br)c(-c2nnnn2-c2c(Cl)cccc2Cl)c1. The molecule has 1 heterocycles. The molecule has 5 nitrogen and oxygen atoms in total. The van der Waals surface area contributed by atoms with Gasteiger partial charge in [0.2, 0.25) is 0 Å². The first-order valence-electron chi connectivity index (χ1n) is 5.86. The summed E-state index contributed by atoms with van der Waals surface area (Å²) in [6, 6.07) is 10.6. The zero-order valence-corrected chi connectivity index (χ0v) is 13.6. The molecule has 106 valence electrons. The second-order valence-electron chi connectivity index (χ2n) is 4.22. The summed E-state index contributed by atoms with van der Waals surface area (Å²) < 4.78 is 2.31. The summed E-state index contributed by atoms with van der Waals surface area (Å²) in [6.45, 7) is 0. The lowest BCUT2D eigenvalue weighted by Gasteiger charge is -2.10. The van der Waals surface area contributed by atoms with Gasteiger partial charge in [-0.2, -0.15) is 4.68 Å². The third-order valence-corrected chi connectivity index (χ3v) is 4.15. The van der Waals surface area contributed by atoms with Crippen LogP contribution in [0.1, 0.15) is 0 Å². The van der Waals surface area contributed by atoms with E-state index in [0.29, 0.717) is 27.2 Å². The van der Waals surface area contributed by atoms with Crippen LogP contribution in [0, 0.1) is 0 Å². The van der Waals surface area contributed by atoms with Crippen molar-refractivity contribution in [2.24, 2.45) is 0 Å². The van der Waals surface area contributed by atoms with Crippen molar-refractivity contribution in [1.82, 2.24) is 20.2 Å².